The molecule has 24 heavy (non-hydrogen) atoms. The van der Waals surface area contributed by atoms with Gasteiger partial charge in [-0.25, -0.2) is 0 Å². The van der Waals surface area contributed by atoms with Crippen molar-refractivity contribution < 1.29 is 9.67 Å². The molecule has 1 saturated heterocycles. The number of aromatic nitrogens is 1. The van der Waals surface area contributed by atoms with Crippen molar-refractivity contribution in [3.63, 3.8) is 0 Å². The standard InChI is InChI=1S/C18H16ClN3OS/c1-18(23)16(22-9-3-2-4-10-22)15(14(11-20)17(24)21-18)12-5-7-13(19)8-6-12/h2-10,15-16,20,23H,1H3/p+1/t15-,16+,18+/m1/s1. The zero-order chi connectivity index (χ0) is 17.3. The number of hydrogen-bond acceptors (Lipinski definition) is 3. The number of piperidine rings is 1. The summed E-state index contributed by atoms with van der Waals surface area (Å²) in [5, 5.41) is 22.3. The first kappa shape index (κ1) is 16.8. The molecule has 3 N–H and O–H groups in total. The largest absolute Gasteiger partial charge is 0.366 e. The molecule has 6 heteroatoms. The predicted octanol–water partition coefficient (Wildman–Crippen LogP) is 2.77. The molecule has 0 saturated carbocycles. The van der Waals surface area contributed by atoms with E-state index in [0.29, 0.717) is 15.6 Å². The third-order valence-electron chi connectivity index (χ3n) is 4.24. The van der Waals surface area contributed by atoms with Gasteiger partial charge in [-0.1, -0.05) is 42.0 Å². The number of pyridine rings is 1. The van der Waals surface area contributed by atoms with Crippen molar-refractivity contribution in [2.24, 2.45) is 0 Å². The van der Waals surface area contributed by atoms with E-state index in [1.165, 1.54) is 0 Å². The zero-order valence-electron chi connectivity index (χ0n) is 13.0. The lowest BCUT2D eigenvalue weighted by Gasteiger charge is -2.40. The summed E-state index contributed by atoms with van der Waals surface area (Å²) in [4.78, 5) is 0.336. The van der Waals surface area contributed by atoms with Gasteiger partial charge in [0.05, 0.1) is 11.5 Å². The Hall–Kier alpha value is -2.04. The minimum absolute atomic E-state index is 0.323. The minimum atomic E-state index is -1.28. The fourth-order valence-corrected chi connectivity index (χ4v) is 3.72. The van der Waals surface area contributed by atoms with Crippen LogP contribution in [0, 0.1) is 5.41 Å². The van der Waals surface area contributed by atoms with E-state index in [9.17, 15) is 5.11 Å². The molecule has 122 valence electrons. The molecule has 0 spiro atoms. The summed E-state index contributed by atoms with van der Waals surface area (Å²) in [6.45, 7) is 1.69. The number of halogens is 1. The topological polar surface area (TPSA) is 60.0 Å². The van der Waals surface area contributed by atoms with Crippen molar-refractivity contribution in [2.75, 3.05) is 0 Å². The van der Waals surface area contributed by atoms with Crippen LogP contribution in [0.1, 0.15) is 24.4 Å². The molecule has 4 nitrogen and oxygen atoms in total. The van der Waals surface area contributed by atoms with Gasteiger partial charge in [0, 0.05) is 17.2 Å². The predicted molar refractivity (Wildman–Crippen MR) is 97.5 cm³/mol. The van der Waals surface area contributed by atoms with Crippen LogP contribution in [0.2, 0.25) is 5.02 Å². The van der Waals surface area contributed by atoms with Gasteiger partial charge in [-0.15, -0.1) is 0 Å². The van der Waals surface area contributed by atoms with Gasteiger partial charge in [-0.05, 0) is 30.5 Å². The molecule has 3 rings (SSSR count). The maximum Gasteiger partial charge on any atom is 0.216 e. The lowest BCUT2D eigenvalue weighted by Crippen LogP contribution is -2.65. The maximum atomic E-state index is 11.0. The van der Waals surface area contributed by atoms with Crippen molar-refractivity contribution >= 4 is 34.7 Å². The Labute approximate surface area is 150 Å². The first-order chi connectivity index (χ1) is 11.4. The second-order valence-corrected chi connectivity index (χ2v) is 6.78. The summed E-state index contributed by atoms with van der Waals surface area (Å²) in [6, 6.07) is 12.7. The molecule has 0 unspecified atom stereocenters. The smallest absolute Gasteiger partial charge is 0.216 e. The van der Waals surface area contributed by atoms with Crippen molar-refractivity contribution in [3.8, 4) is 0 Å². The molecule has 1 aromatic carbocycles. The Morgan fingerprint density at radius 1 is 1.25 bits per heavy atom. The lowest BCUT2D eigenvalue weighted by atomic mass is 9.77. The minimum Gasteiger partial charge on any atom is -0.366 e. The van der Waals surface area contributed by atoms with Crippen LogP contribution in [0.3, 0.4) is 0 Å². The summed E-state index contributed by atoms with van der Waals surface area (Å²) in [5.74, 6) is 2.14. The van der Waals surface area contributed by atoms with Crippen molar-refractivity contribution in [1.29, 1.82) is 5.41 Å². The summed E-state index contributed by atoms with van der Waals surface area (Å²) >= 11 is 11.4. The van der Waals surface area contributed by atoms with Crippen LogP contribution in [-0.2, 0) is 0 Å². The van der Waals surface area contributed by atoms with E-state index in [1.807, 2.05) is 47.3 Å². The van der Waals surface area contributed by atoms with Crippen molar-refractivity contribution in [3.05, 3.63) is 71.0 Å². The number of nitrogens with zero attached hydrogens (tertiary/aromatic N) is 1. The average Bonchev–Trinajstić information content (AvgIpc) is 2.55. The van der Waals surface area contributed by atoms with Gasteiger partial charge in [0.15, 0.2) is 18.1 Å². The fourth-order valence-electron chi connectivity index (χ4n) is 3.21. The Kier molecular flexibility index (Phi) is 4.52. The number of hydrogen-bond donors (Lipinski definition) is 3. The van der Waals surface area contributed by atoms with Gasteiger partial charge in [0.2, 0.25) is 6.04 Å². The summed E-state index contributed by atoms with van der Waals surface area (Å²) in [6.07, 6.45) is 3.78. The van der Waals surface area contributed by atoms with Crippen LogP contribution >= 0.6 is 23.8 Å². The number of rotatable bonds is 2. The zero-order valence-corrected chi connectivity index (χ0v) is 14.6. The third-order valence-corrected chi connectivity index (χ3v) is 4.81. The van der Waals surface area contributed by atoms with E-state index in [1.54, 1.807) is 19.1 Å². The third kappa shape index (κ3) is 2.99. The van der Waals surface area contributed by atoms with E-state index in [-0.39, 0.29) is 5.92 Å². The molecule has 2 aromatic rings. The Bertz CT molecular complexity index is 814. The molecule has 1 aliphatic rings. The highest BCUT2D eigenvalue weighted by Gasteiger charge is 2.52. The molecule has 0 bridgehead atoms. The Morgan fingerprint density at radius 3 is 2.46 bits per heavy atom. The van der Waals surface area contributed by atoms with Crippen LogP contribution in [0.15, 0.2) is 60.4 Å². The van der Waals surface area contributed by atoms with Gasteiger partial charge in [0.25, 0.3) is 0 Å². The first-order valence-electron chi connectivity index (χ1n) is 7.50. The molecule has 1 aromatic heterocycles. The van der Waals surface area contributed by atoms with Gasteiger partial charge in [0.1, 0.15) is 4.99 Å². The van der Waals surface area contributed by atoms with E-state index in [2.05, 4.69) is 11.2 Å². The van der Waals surface area contributed by atoms with E-state index in [4.69, 9.17) is 29.2 Å². The molecule has 0 aliphatic carbocycles. The highest BCUT2D eigenvalue weighted by Crippen LogP contribution is 2.41. The molecule has 0 radical (unpaired) electrons. The molecule has 1 fully saturated rings. The van der Waals surface area contributed by atoms with Crippen LogP contribution in [0.25, 0.3) is 0 Å². The summed E-state index contributed by atoms with van der Waals surface area (Å²) < 4.78 is 1.92. The van der Waals surface area contributed by atoms with Crippen LogP contribution in [0.4, 0.5) is 0 Å². The monoisotopic (exact) mass is 358 g/mol. The van der Waals surface area contributed by atoms with Gasteiger partial charge < -0.3 is 10.4 Å². The Morgan fingerprint density at radius 2 is 1.88 bits per heavy atom. The van der Waals surface area contributed by atoms with Crippen LogP contribution in [0.5, 0.6) is 0 Å². The normalized spacial score (nSPS) is 26.6. The molecule has 3 atom stereocenters. The van der Waals surface area contributed by atoms with Crippen molar-refractivity contribution in [1.82, 2.24) is 5.32 Å². The van der Waals surface area contributed by atoms with E-state index < -0.39 is 11.8 Å². The summed E-state index contributed by atoms with van der Waals surface area (Å²) in [5.41, 5.74) is 0.174. The molecule has 1 aliphatic heterocycles. The van der Waals surface area contributed by atoms with Crippen LogP contribution < -0.4 is 9.88 Å². The number of nitrogens with one attached hydrogen (secondary N) is 2. The maximum absolute atomic E-state index is 11.0. The highest BCUT2D eigenvalue weighted by atomic mass is 35.5. The highest BCUT2D eigenvalue weighted by molar-refractivity contribution is 7.80. The van der Waals surface area contributed by atoms with E-state index >= 15 is 0 Å². The average molecular weight is 359 g/mol. The van der Waals surface area contributed by atoms with Gasteiger partial charge in [-0.3, -0.25) is 5.41 Å². The van der Waals surface area contributed by atoms with Gasteiger partial charge >= 0.3 is 0 Å². The molecular formula is C18H17ClN3OS+. The number of benzene rings is 1. The van der Waals surface area contributed by atoms with Gasteiger partial charge in [-0.2, -0.15) is 4.57 Å². The SMILES string of the molecule is C[C@@]1(O)NC(=S)C(=C=N)[C@@H](c2ccc(Cl)cc2)[C@@H]1[n+]1ccccc1. The molecule has 2 heterocycles. The quantitative estimate of drug-likeness (QED) is 0.335. The second-order valence-electron chi connectivity index (χ2n) is 5.94. The fraction of sp³-hybridized carbons (Fsp3) is 0.222. The van der Waals surface area contributed by atoms with Crippen LogP contribution in [-0.4, -0.2) is 21.7 Å². The van der Waals surface area contributed by atoms with Crippen molar-refractivity contribution in [2.45, 2.75) is 24.6 Å². The number of thiocarbonyl (C=S) groups is 1. The second kappa shape index (κ2) is 6.46. The lowest BCUT2D eigenvalue weighted by molar-refractivity contribution is -0.740. The van der Waals surface area contributed by atoms with E-state index in [0.717, 1.165) is 5.56 Å². The summed E-state index contributed by atoms with van der Waals surface area (Å²) in [7, 11) is 0. The first-order valence-corrected chi connectivity index (χ1v) is 8.28. The molecule has 0 amide bonds. The number of aliphatic hydroxyl groups is 1. The molecular weight excluding hydrogens is 342 g/mol. The Balaban J connectivity index is 2.21.